The average Bonchev–Trinajstić information content (AvgIpc) is 2.49. The molecule has 0 aliphatic carbocycles. The quantitative estimate of drug-likeness (QED) is 0.856. The summed E-state index contributed by atoms with van der Waals surface area (Å²) in [5, 5.41) is 12.9. The topological polar surface area (TPSA) is 41.5 Å². The first kappa shape index (κ1) is 15.3. The Morgan fingerprint density at radius 2 is 2.00 bits per heavy atom. The molecule has 0 aromatic heterocycles. The van der Waals surface area contributed by atoms with Crippen molar-refractivity contribution in [1.29, 1.82) is 0 Å². The van der Waals surface area contributed by atoms with Crippen molar-refractivity contribution < 1.29 is 14.2 Å². The van der Waals surface area contributed by atoms with Crippen molar-refractivity contribution >= 4 is 0 Å². The minimum Gasteiger partial charge on any atom is -0.504 e. The molecule has 0 fully saturated rings. The van der Waals surface area contributed by atoms with Gasteiger partial charge in [0.1, 0.15) is 5.82 Å². The molecule has 2 aromatic rings. The molecule has 0 aliphatic rings. The summed E-state index contributed by atoms with van der Waals surface area (Å²) in [4.78, 5) is 0. The number of phenolic OH excluding ortho intramolecular Hbond substituents is 1. The van der Waals surface area contributed by atoms with E-state index in [2.05, 4.69) is 5.32 Å². The highest BCUT2D eigenvalue weighted by molar-refractivity contribution is 5.42. The molecule has 0 amide bonds. The monoisotopic (exact) mass is 289 g/mol. The van der Waals surface area contributed by atoms with Gasteiger partial charge in [-0.05, 0) is 49.2 Å². The van der Waals surface area contributed by atoms with Crippen molar-refractivity contribution in [1.82, 2.24) is 5.32 Å². The third kappa shape index (κ3) is 3.95. The van der Waals surface area contributed by atoms with Gasteiger partial charge in [0.25, 0.3) is 0 Å². The van der Waals surface area contributed by atoms with Gasteiger partial charge in [0.05, 0.1) is 7.11 Å². The van der Waals surface area contributed by atoms with Gasteiger partial charge in [0.15, 0.2) is 11.5 Å². The smallest absolute Gasteiger partial charge is 0.160 e. The van der Waals surface area contributed by atoms with Crippen LogP contribution in [0.1, 0.15) is 24.1 Å². The maximum atomic E-state index is 13.5. The van der Waals surface area contributed by atoms with Crippen LogP contribution in [-0.2, 0) is 6.42 Å². The maximum absolute atomic E-state index is 13.5. The molecule has 112 valence electrons. The van der Waals surface area contributed by atoms with Crippen molar-refractivity contribution in [3.05, 3.63) is 59.4 Å². The van der Waals surface area contributed by atoms with Crippen molar-refractivity contribution in [3.8, 4) is 11.5 Å². The summed E-state index contributed by atoms with van der Waals surface area (Å²) in [5.41, 5.74) is 1.72. The van der Waals surface area contributed by atoms with E-state index >= 15 is 0 Å². The summed E-state index contributed by atoms with van der Waals surface area (Å²) < 4.78 is 18.6. The summed E-state index contributed by atoms with van der Waals surface area (Å²) in [6.07, 6.45) is 0.631. The number of hydrogen-bond acceptors (Lipinski definition) is 3. The van der Waals surface area contributed by atoms with Gasteiger partial charge in [0.2, 0.25) is 0 Å². The standard InChI is InChI=1S/C17H20FNO2/c1-12(14-7-8-16(20)17(11-14)21-2)19-10-9-13-5-3-4-6-15(13)18/h3-8,11-12,19-20H,9-10H2,1-2H3. The predicted octanol–water partition coefficient (Wildman–Crippen LogP) is 3.43. The van der Waals surface area contributed by atoms with Crippen LogP contribution in [-0.4, -0.2) is 18.8 Å². The van der Waals surface area contributed by atoms with Gasteiger partial charge in [-0.3, -0.25) is 0 Å². The third-order valence-electron chi connectivity index (χ3n) is 3.51. The molecule has 1 atom stereocenters. The molecule has 0 spiro atoms. The van der Waals surface area contributed by atoms with Crippen LogP contribution in [0.25, 0.3) is 0 Å². The number of halogens is 1. The summed E-state index contributed by atoms with van der Waals surface area (Å²) in [6.45, 7) is 2.69. The number of benzene rings is 2. The SMILES string of the molecule is COc1cc(C(C)NCCc2ccccc2F)ccc1O. The van der Waals surface area contributed by atoms with Gasteiger partial charge >= 0.3 is 0 Å². The largest absolute Gasteiger partial charge is 0.504 e. The molecule has 2 rings (SSSR count). The minimum absolute atomic E-state index is 0.0891. The fourth-order valence-corrected chi connectivity index (χ4v) is 2.21. The Hall–Kier alpha value is -2.07. The number of methoxy groups -OCH3 is 1. The zero-order valence-electron chi connectivity index (χ0n) is 12.3. The molecule has 2 N–H and O–H groups in total. The normalized spacial score (nSPS) is 12.1. The third-order valence-corrected chi connectivity index (χ3v) is 3.51. The highest BCUT2D eigenvalue weighted by Crippen LogP contribution is 2.28. The van der Waals surface area contributed by atoms with E-state index in [0.29, 0.717) is 24.3 Å². The number of phenols is 1. The molecule has 0 heterocycles. The van der Waals surface area contributed by atoms with Crippen LogP contribution in [0.4, 0.5) is 4.39 Å². The lowest BCUT2D eigenvalue weighted by Crippen LogP contribution is -2.21. The van der Waals surface area contributed by atoms with Gasteiger partial charge in [0, 0.05) is 6.04 Å². The Labute approximate surface area is 124 Å². The molecule has 0 saturated carbocycles. The lowest BCUT2D eigenvalue weighted by molar-refractivity contribution is 0.372. The van der Waals surface area contributed by atoms with Gasteiger partial charge in [-0.1, -0.05) is 24.3 Å². The Bertz CT molecular complexity index is 601. The summed E-state index contributed by atoms with van der Waals surface area (Å²) in [5.74, 6) is 0.410. The Balaban J connectivity index is 1.93. The van der Waals surface area contributed by atoms with Crippen LogP contribution >= 0.6 is 0 Å². The van der Waals surface area contributed by atoms with E-state index in [-0.39, 0.29) is 17.6 Å². The molecule has 0 bridgehead atoms. The number of nitrogens with one attached hydrogen (secondary N) is 1. The minimum atomic E-state index is -0.168. The molecular formula is C17H20FNO2. The second kappa shape index (κ2) is 7.09. The number of aromatic hydroxyl groups is 1. The predicted molar refractivity (Wildman–Crippen MR) is 81.2 cm³/mol. The molecule has 0 saturated heterocycles. The van der Waals surface area contributed by atoms with Crippen molar-refractivity contribution in [2.24, 2.45) is 0 Å². The number of hydrogen-bond donors (Lipinski definition) is 2. The Morgan fingerprint density at radius 3 is 2.71 bits per heavy atom. The lowest BCUT2D eigenvalue weighted by atomic mass is 10.1. The molecule has 1 unspecified atom stereocenters. The van der Waals surface area contributed by atoms with Crippen LogP contribution in [0.15, 0.2) is 42.5 Å². The maximum Gasteiger partial charge on any atom is 0.160 e. The summed E-state index contributed by atoms with van der Waals surface area (Å²) in [6, 6.07) is 12.2. The summed E-state index contributed by atoms with van der Waals surface area (Å²) in [7, 11) is 1.52. The van der Waals surface area contributed by atoms with E-state index in [4.69, 9.17) is 4.74 Å². The molecule has 3 nitrogen and oxygen atoms in total. The van der Waals surface area contributed by atoms with Crippen LogP contribution in [0.2, 0.25) is 0 Å². The first-order chi connectivity index (χ1) is 10.1. The fourth-order valence-electron chi connectivity index (χ4n) is 2.21. The highest BCUT2D eigenvalue weighted by atomic mass is 19.1. The number of ether oxygens (including phenoxy) is 1. The van der Waals surface area contributed by atoms with Gasteiger partial charge in [-0.15, -0.1) is 0 Å². The molecule has 2 aromatic carbocycles. The van der Waals surface area contributed by atoms with E-state index in [1.807, 2.05) is 19.1 Å². The van der Waals surface area contributed by atoms with Crippen LogP contribution in [0.5, 0.6) is 11.5 Å². The molecule has 0 aliphatic heterocycles. The second-order valence-corrected chi connectivity index (χ2v) is 4.95. The first-order valence-corrected chi connectivity index (χ1v) is 6.95. The second-order valence-electron chi connectivity index (χ2n) is 4.95. The summed E-state index contributed by atoms with van der Waals surface area (Å²) >= 11 is 0. The van der Waals surface area contributed by atoms with E-state index < -0.39 is 0 Å². The van der Waals surface area contributed by atoms with Gasteiger partial charge < -0.3 is 15.2 Å². The van der Waals surface area contributed by atoms with Crippen LogP contribution in [0.3, 0.4) is 0 Å². The van der Waals surface area contributed by atoms with Crippen molar-refractivity contribution in [3.63, 3.8) is 0 Å². The lowest BCUT2D eigenvalue weighted by Gasteiger charge is -2.16. The van der Waals surface area contributed by atoms with Crippen molar-refractivity contribution in [2.45, 2.75) is 19.4 Å². The average molecular weight is 289 g/mol. The number of rotatable bonds is 6. The highest BCUT2D eigenvalue weighted by Gasteiger charge is 2.09. The van der Waals surface area contributed by atoms with E-state index in [1.54, 1.807) is 24.3 Å². The van der Waals surface area contributed by atoms with Crippen LogP contribution < -0.4 is 10.1 Å². The van der Waals surface area contributed by atoms with E-state index in [0.717, 1.165) is 5.56 Å². The Morgan fingerprint density at radius 1 is 1.24 bits per heavy atom. The van der Waals surface area contributed by atoms with E-state index in [9.17, 15) is 9.50 Å². The molecule has 4 heteroatoms. The van der Waals surface area contributed by atoms with Gasteiger partial charge in [-0.25, -0.2) is 4.39 Å². The Kier molecular flexibility index (Phi) is 5.17. The first-order valence-electron chi connectivity index (χ1n) is 6.95. The molecular weight excluding hydrogens is 269 g/mol. The molecule has 21 heavy (non-hydrogen) atoms. The fraction of sp³-hybridized carbons (Fsp3) is 0.294. The van der Waals surface area contributed by atoms with Crippen LogP contribution in [0, 0.1) is 5.82 Å². The molecule has 0 radical (unpaired) electrons. The zero-order chi connectivity index (χ0) is 15.2. The van der Waals surface area contributed by atoms with Crippen molar-refractivity contribution in [2.75, 3.05) is 13.7 Å². The zero-order valence-corrected chi connectivity index (χ0v) is 12.3. The van der Waals surface area contributed by atoms with Gasteiger partial charge in [-0.2, -0.15) is 0 Å². The van der Waals surface area contributed by atoms with E-state index in [1.165, 1.54) is 13.2 Å².